The van der Waals surface area contributed by atoms with Crippen molar-refractivity contribution in [3.63, 3.8) is 0 Å². The predicted molar refractivity (Wildman–Crippen MR) is 82.5 cm³/mol. The van der Waals surface area contributed by atoms with Crippen molar-refractivity contribution >= 4 is 17.0 Å². The summed E-state index contributed by atoms with van der Waals surface area (Å²) in [7, 11) is 1.21. The SMILES string of the molecule is [2H]N1C(=O)OC[C@@H]1Cc1ccc2c(c1)c(CC([2H])([2H])N(C)C([2H])([2H])[2H])cn2[2H]. The lowest BCUT2D eigenvalue weighted by atomic mass is 10.0. The second-order valence-corrected chi connectivity index (χ2v) is 5.09. The smallest absolute Gasteiger partial charge is 0.407 e. The van der Waals surface area contributed by atoms with Crippen LogP contribution in [0, 0.1) is 0 Å². The summed E-state index contributed by atoms with van der Waals surface area (Å²) in [6.07, 6.45) is 0.961. The third-order valence-electron chi connectivity index (χ3n) is 3.43. The number of amides is 1. The van der Waals surface area contributed by atoms with E-state index in [9.17, 15) is 4.79 Å². The van der Waals surface area contributed by atoms with Gasteiger partial charge < -0.3 is 19.9 Å². The van der Waals surface area contributed by atoms with E-state index in [1.165, 1.54) is 13.2 Å². The first-order valence-corrected chi connectivity index (χ1v) is 6.71. The van der Waals surface area contributed by atoms with E-state index in [-0.39, 0.29) is 13.0 Å². The van der Waals surface area contributed by atoms with Gasteiger partial charge in [0.1, 0.15) is 6.61 Å². The third-order valence-corrected chi connectivity index (χ3v) is 3.43. The maximum absolute atomic E-state index is 11.3. The summed E-state index contributed by atoms with van der Waals surface area (Å²) in [5, 5.41) is 1.43. The first-order valence-electron chi connectivity index (χ1n) is 10.1. The van der Waals surface area contributed by atoms with Gasteiger partial charge in [-0.15, -0.1) is 0 Å². The molecule has 3 rings (SSSR count). The number of nitrogens with zero attached hydrogens (tertiary/aromatic N) is 1. The summed E-state index contributed by atoms with van der Waals surface area (Å²) in [5.41, 5.74) is 1.88. The number of likely N-dealkylation sites (N-methyl/N-ethyl adjacent to an activating group) is 1. The zero-order valence-corrected chi connectivity index (χ0v) is 11.7. The number of rotatable bonds is 5. The summed E-state index contributed by atoms with van der Waals surface area (Å²) in [6.45, 7) is -4.60. The van der Waals surface area contributed by atoms with Gasteiger partial charge in [-0.1, -0.05) is 6.07 Å². The molecule has 1 saturated heterocycles. The van der Waals surface area contributed by atoms with Crippen LogP contribution >= 0.6 is 0 Å². The number of H-pyrrole nitrogens is 1. The highest BCUT2D eigenvalue weighted by Gasteiger charge is 2.22. The Kier molecular flexibility index (Phi) is 2.16. The number of cyclic esters (lactones) is 1. The van der Waals surface area contributed by atoms with Gasteiger partial charge >= 0.3 is 6.09 Å². The molecule has 5 heteroatoms. The molecule has 2 heterocycles. The number of hydrogen-bond donors (Lipinski definition) is 2. The highest BCUT2D eigenvalue weighted by atomic mass is 16.6. The summed E-state index contributed by atoms with van der Waals surface area (Å²) < 4.78 is 59.2. The second kappa shape index (κ2) is 5.77. The molecular weight excluding hydrogens is 266 g/mol. The number of hydrogen-bond acceptors (Lipinski definition) is 3. The zero-order valence-electron chi connectivity index (χ0n) is 18.7. The molecule has 1 aliphatic heterocycles. The van der Waals surface area contributed by atoms with E-state index in [0.29, 0.717) is 27.8 Å². The number of fused-ring (bicyclic) bond motifs is 1. The maximum Gasteiger partial charge on any atom is 0.407 e. The summed E-state index contributed by atoms with van der Waals surface area (Å²) >= 11 is 0. The molecule has 1 atom stereocenters. The quantitative estimate of drug-likeness (QED) is 0.886. The van der Waals surface area contributed by atoms with Crippen LogP contribution in [0.15, 0.2) is 24.4 Å². The van der Waals surface area contributed by atoms with Crippen LogP contribution in [0.5, 0.6) is 0 Å². The number of carbonyl (C=O) groups excluding carboxylic acids is 1. The molecule has 1 amide bonds. The van der Waals surface area contributed by atoms with Crippen molar-refractivity contribution in [2.24, 2.45) is 0 Å². The number of aromatic amines is 1. The molecular formula is C16H21N3O2. The van der Waals surface area contributed by atoms with Gasteiger partial charge in [0.25, 0.3) is 0 Å². The van der Waals surface area contributed by atoms with E-state index >= 15 is 0 Å². The van der Waals surface area contributed by atoms with Crippen LogP contribution in [0.2, 0.25) is 2.82 Å². The fourth-order valence-electron chi connectivity index (χ4n) is 2.41. The first-order chi connectivity index (χ1) is 12.9. The van der Waals surface area contributed by atoms with Crippen LogP contribution in [0.3, 0.4) is 0 Å². The number of nitrogens with one attached hydrogen (secondary N) is 2. The van der Waals surface area contributed by atoms with Crippen molar-refractivity contribution in [2.75, 3.05) is 27.1 Å². The van der Waals surface area contributed by atoms with Crippen molar-refractivity contribution in [3.05, 3.63) is 35.5 Å². The van der Waals surface area contributed by atoms with Gasteiger partial charge in [-0.05, 0) is 50.1 Å². The van der Waals surface area contributed by atoms with Gasteiger partial charge in [0, 0.05) is 30.5 Å². The molecule has 0 aliphatic carbocycles. The van der Waals surface area contributed by atoms with Crippen LogP contribution in [0.25, 0.3) is 10.9 Å². The van der Waals surface area contributed by atoms with Crippen LogP contribution in [0.4, 0.5) is 4.79 Å². The fourth-order valence-corrected chi connectivity index (χ4v) is 2.41. The minimum absolute atomic E-state index is 0.124. The van der Waals surface area contributed by atoms with Crippen LogP contribution in [-0.2, 0) is 17.6 Å². The van der Waals surface area contributed by atoms with Gasteiger partial charge in [0.05, 0.1) is 6.04 Å². The van der Waals surface area contributed by atoms with E-state index < -0.39 is 25.6 Å². The van der Waals surface area contributed by atoms with Crippen molar-refractivity contribution in [1.82, 2.24) is 15.2 Å². The average molecular weight is 294 g/mol. The molecule has 1 fully saturated rings. The number of ether oxygens (including phenoxy) is 1. The molecule has 0 unspecified atom stereocenters. The van der Waals surface area contributed by atoms with E-state index in [2.05, 4.69) is 0 Å². The summed E-state index contributed by atoms with van der Waals surface area (Å²) in [4.78, 5) is 13.2. The summed E-state index contributed by atoms with van der Waals surface area (Å²) in [5.74, 6) is 0. The standard InChI is InChI=1S/C16H21N3O2/c1-19(2)6-5-12-9-17-15-4-3-11(8-14(12)15)7-13-10-21-16(20)18-13/h3-4,8-9,13,17H,5-7,10H2,1-2H3,(H,18,20)/t13-/m0/s1/i1D3,6D2/hD2. The number of aryl methyl sites for hydroxylation is 1. The monoisotopic (exact) mass is 294 g/mol. The Hall–Kier alpha value is -2.01. The molecule has 2 aromatic rings. The highest BCUT2D eigenvalue weighted by molar-refractivity contribution is 5.84. The second-order valence-electron chi connectivity index (χ2n) is 5.09. The van der Waals surface area contributed by atoms with Crippen LogP contribution in [-0.4, -0.2) is 49.1 Å². The molecule has 0 saturated carbocycles. The number of carbonyl (C=O) groups is 1. The number of alkyl carbamates (subject to hydrolysis) is 1. The number of benzene rings is 1. The molecule has 0 radical (unpaired) electrons. The largest absolute Gasteiger partial charge is 0.447 e. The third kappa shape index (κ3) is 3.19. The summed E-state index contributed by atoms with van der Waals surface area (Å²) in [6, 6.07) is 4.88. The Labute approximate surface area is 134 Å². The molecule has 0 bridgehead atoms. The van der Waals surface area contributed by atoms with Crippen molar-refractivity contribution in [2.45, 2.75) is 18.9 Å². The molecule has 2 N–H and O–H groups in total. The van der Waals surface area contributed by atoms with Crippen molar-refractivity contribution < 1.29 is 19.2 Å². The lowest BCUT2D eigenvalue weighted by molar-refractivity contribution is 0.177. The predicted octanol–water partition coefficient (Wildman–Crippen LogP) is 1.92. The van der Waals surface area contributed by atoms with Crippen LogP contribution < -0.4 is 5.31 Å². The van der Waals surface area contributed by atoms with Gasteiger partial charge in [0.15, 0.2) is 2.82 Å². The molecule has 5 nitrogen and oxygen atoms in total. The number of aromatic nitrogens is 1. The minimum atomic E-state index is -2.58. The molecule has 112 valence electrons. The van der Waals surface area contributed by atoms with Gasteiger partial charge in [0.2, 0.25) is 0 Å². The molecule has 1 aromatic heterocycles. The Morgan fingerprint density at radius 3 is 3.29 bits per heavy atom. The van der Waals surface area contributed by atoms with E-state index in [1.54, 1.807) is 18.2 Å². The van der Waals surface area contributed by atoms with Gasteiger partial charge in [-0.25, -0.2) is 4.79 Å². The lowest BCUT2D eigenvalue weighted by Gasteiger charge is -2.09. The van der Waals surface area contributed by atoms with E-state index in [0.717, 1.165) is 15.9 Å². The Bertz CT molecular complexity index is 896. The molecule has 0 spiro atoms. The first kappa shape index (κ1) is 7.84. The minimum Gasteiger partial charge on any atom is -0.447 e. The topological polar surface area (TPSA) is 57.4 Å². The molecule has 1 aliphatic rings. The zero-order chi connectivity index (χ0) is 20.9. The Balaban J connectivity index is 1.90. The van der Waals surface area contributed by atoms with Crippen molar-refractivity contribution in [1.29, 1.82) is 0 Å². The molecule has 1 aromatic carbocycles. The van der Waals surface area contributed by atoms with Gasteiger partial charge in [-0.3, -0.25) is 0 Å². The van der Waals surface area contributed by atoms with E-state index in [1.807, 2.05) is 0 Å². The van der Waals surface area contributed by atoms with Gasteiger partial charge in [-0.2, -0.15) is 0 Å². The lowest BCUT2D eigenvalue weighted by Crippen LogP contribution is -2.28. The highest BCUT2D eigenvalue weighted by Crippen LogP contribution is 2.21. The fraction of sp³-hybridized carbons (Fsp3) is 0.438. The average Bonchev–Trinajstić information content (AvgIpc) is 3.07. The Morgan fingerprint density at radius 1 is 1.62 bits per heavy atom. The molecule has 21 heavy (non-hydrogen) atoms. The Morgan fingerprint density at radius 2 is 2.52 bits per heavy atom. The maximum atomic E-state index is 11.3. The van der Waals surface area contributed by atoms with E-state index in [4.69, 9.17) is 14.4 Å². The van der Waals surface area contributed by atoms with Crippen molar-refractivity contribution in [3.8, 4) is 0 Å². The van der Waals surface area contributed by atoms with Crippen LogP contribution in [0.1, 0.15) is 18.0 Å². The normalized spacial score (nSPS) is 24.9.